The van der Waals surface area contributed by atoms with E-state index in [0.29, 0.717) is 23.6 Å². The Balaban J connectivity index is 1.76. The molecule has 0 bridgehead atoms. The number of rotatable bonds is 4. The molecule has 2 N–H and O–H groups in total. The largest absolute Gasteiger partial charge is 0.349 e. The summed E-state index contributed by atoms with van der Waals surface area (Å²) in [7, 11) is 0. The van der Waals surface area contributed by atoms with Crippen molar-refractivity contribution >= 4 is 0 Å². The van der Waals surface area contributed by atoms with Crippen molar-refractivity contribution in [1.29, 1.82) is 5.26 Å². The summed E-state index contributed by atoms with van der Waals surface area (Å²) >= 11 is 0. The topological polar surface area (TPSA) is 54.7 Å². The monoisotopic (exact) mass is 269 g/mol. The second-order valence-corrected chi connectivity index (χ2v) is 5.40. The normalized spacial score (nSPS) is 15.8. The third-order valence-electron chi connectivity index (χ3n) is 3.82. The molecule has 102 valence electrons. The Morgan fingerprint density at radius 3 is 2.85 bits per heavy atom. The molecule has 0 spiro atoms. The van der Waals surface area contributed by atoms with E-state index in [9.17, 15) is 4.39 Å². The molecule has 0 radical (unpaired) electrons. The van der Waals surface area contributed by atoms with Crippen molar-refractivity contribution < 1.29 is 4.39 Å². The molecule has 1 aromatic carbocycles. The van der Waals surface area contributed by atoms with Gasteiger partial charge in [0.1, 0.15) is 5.82 Å². The predicted molar refractivity (Wildman–Crippen MR) is 74.3 cm³/mol. The van der Waals surface area contributed by atoms with Gasteiger partial charge in [-0.05, 0) is 42.5 Å². The maximum Gasteiger partial charge on any atom is 0.129 e. The van der Waals surface area contributed by atoms with E-state index >= 15 is 0 Å². The second-order valence-electron chi connectivity index (χ2n) is 5.40. The van der Waals surface area contributed by atoms with Gasteiger partial charge in [-0.25, -0.2) is 4.39 Å². The van der Waals surface area contributed by atoms with Crippen LogP contribution in [0.4, 0.5) is 4.39 Å². The Bertz CT molecular complexity index is 665. The number of aromatic nitrogens is 1. The van der Waals surface area contributed by atoms with Gasteiger partial charge in [-0.3, -0.25) is 0 Å². The Labute approximate surface area is 117 Å². The summed E-state index contributed by atoms with van der Waals surface area (Å²) in [5, 5.41) is 8.73. The van der Waals surface area contributed by atoms with Crippen LogP contribution in [0.1, 0.15) is 35.6 Å². The van der Waals surface area contributed by atoms with Gasteiger partial charge in [0.05, 0.1) is 11.6 Å². The van der Waals surface area contributed by atoms with Crippen molar-refractivity contribution in [3.8, 4) is 6.07 Å². The number of nitrogens with zero attached hydrogens (tertiary/aromatic N) is 2. The first-order valence-electron chi connectivity index (χ1n) is 6.77. The highest BCUT2D eigenvalue weighted by molar-refractivity contribution is 5.33. The molecular formula is C16H16FN3. The van der Waals surface area contributed by atoms with Crippen LogP contribution in [-0.4, -0.2) is 4.57 Å². The van der Waals surface area contributed by atoms with Gasteiger partial charge in [-0.2, -0.15) is 5.26 Å². The molecule has 3 rings (SSSR count). The number of nitrogens with two attached hydrogens (primary N) is 1. The fourth-order valence-corrected chi connectivity index (χ4v) is 2.42. The Kier molecular flexibility index (Phi) is 3.29. The SMILES string of the molecule is N#Cc1ccc(Cn2ccc(C(N)C3CC3)c2)c(F)c1. The number of benzene rings is 1. The quantitative estimate of drug-likeness (QED) is 0.927. The lowest BCUT2D eigenvalue weighted by Crippen LogP contribution is -2.11. The van der Waals surface area contributed by atoms with Gasteiger partial charge in [-0.1, -0.05) is 6.07 Å². The van der Waals surface area contributed by atoms with Crippen LogP contribution in [-0.2, 0) is 6.54 Å². The van der Waals surface area contributed by atoms with E-state index in [-0.39, 0.29) is 11.9 Å². The van der Waals surface area contributed by atoms with E-state index in [2.05, 4.69) is 0 Å². The summed E-state index contributed by atoms with van der Waals surface area (Å²) in [6.45, 7) is 0.453. The Morgan fingerprint density at radius 2 is 2.20 bits per heavy atom. The summed E-state index contributed by atoms with van der Waals surface area (Å²) in [6.07, 6.45) is 6.32. The molecule has 2 aromatic rings. The van der Waals surface area contributed by atoms with Crippen molar-refractivity contribution in [1.82, 2.24) is 4.57 Å². The third kappa shape index (κ3) is 2.59. The van der Waals surface area contributed by atoms with Gasteiger partial charge in [0.15, 0.2) is 0 Å². The van der Waals surface area contributed by atoms with E-state index in [0.717, 1.165) is 5.56 Å². The highest BCUT2D eigenvalue weighted by Crippen LogP contribution is 2.39. The summed E-state index contributed by atoms with van der Waals surface area (Å²) in [5.74, 6) is 0.267. The minimum Gasteiger partial charge on any atom is -0.349 e. The molecule has 0 aliphatic heterocycles. The molecule has 1 aliphatic rings. The Morgan fingerprint density at radius 1 is 1.40 bits per heavy atom. The summed E-state index contributed by atoms with van der Waals surface area (Å²) in [5.41, 5.74) is 8.18. The van der Waals surface area contributed by atoms with Crippen molar-refractivity contribution in [3.63, 3.8) is 0 Å². The smallest absolute Gasteiger partial charge is 0.129 e. The standard InChI is InChI=1S/C16H16FN3/c17-15-7-11(8-18)1-2-13(15)9-20-6-5-14(10-20)16(19)12-3-4-12/h1-2,5-7,10,12,16H,3-4,9,19H2. The van der Waals surface area contributed by atoms with Crippen LogP contribution in [0, 0.1) is 23.1 Å². The maximum atomic E-state index is 13.8. The fraction of sp³-hybridized carbons (Fsp3) is 0.312. The fourth-order valence-electron chi connectivity index (χ4n) is 2.42. The van der Waals surface area contributed by atoms with Crippen LogP contribution in [0.15, 0.2) is 36.7 Å². The lowest BCUT2D eigenvalue weighted by Gasteiger charge is -2.08. The van der Waals surface area contributed by atoms with Gasteiger partial charge in [0.2, 0.25) is 0 Å². The van der Waals surface area contributed by atoms with Crippen LogP contribution in [0.3, 0.4) is 0 Å². The third-order valence-corrected chi connectivity index (χ3v) is 3.82. The maximum absolute atomic E-state index is 13.8. The molecule has 1 atom stereocenters. The number of hydrogen-bond donors (Lipinski definition) is 1. The number of hydrogen-bond acceptors (Lipinski definition) is 2. The molecule has 1 heterocycles. The molecule has 3 nitrogen and oxygen atoms in total. The van der Waals surface area contributed by atoms with E-state index < -0.39 is 0 Å². The molecule has 4 heteroatoms. The minimum atomic E-state index is -0.342. The summed E-state index contributed by atoms with van der Waals surface area (Å²) in [4.78, 5) is 0. The van der Waals surface area contributed by atoms with Crippen LogP contribution in [0.5, 0.6) is 0 Å². The van der Waals surface area contributed by atoms with Gasteiger partial charge < -0.3 is 10.3 Å². The highest BCUT2D eigenvalue weighted by atomic mass is 19.1. The van der Waals surface area contributed by atoms with Gasteiger partial charge in [0, 0.05) is 30.5 Å². The molecule has 0 amide bonds. The average molecular weight is 269 g/mol. The zero-order valence-corrected chi connectivity index (χ0v) is 11.1. The van der Waals surface area contributed by atoms with Gasteiger partial charge in [0.25, 0.3) is 0 Å². The summed E-state index contributed by atoms with van der Waals surface area (Å²) in [6, 6.07) is 8.61. The molecule has 20 heavy (non-hydrogen) atoms. The highest BCUT2D eigenvalue weighted by Gasteiger charge is 2.29. The molecule has 1 fully saturated rings. The first kappa shape index (κ1) is 12.9. The first-order valence-corrected chi connectivity index (χ1v) is 6.77. The molecule has 1 aromatic heterocycles. The van der Waals surface area contributed by atoms with E-state index in [1.807, 2.05) is 29.1 Å². The molecule has 0 saturated heterocycles. The summed E-state index contributed by atoms with van der Waals surface area (Å²) < 4.78 is 15.8. The van der Waals surface area contributed by atoms with Crippen molar-refractivity contribution in [3.05, 3.63) is 59.2 Å². The van der Waals surface area contributed by atoms with Crippen LogP contribution in [0.2, 0.25) is 0 Å². The molecule has 1 saturated carbocycles. The predicted octanol–water partition coefficient (Wildman–Crippen LogP) is 2.96. The van der Waals surface area contributed by atoms with E-state index in [1.165, 1.54) is 18.9 Å². The van der Waals surface area contributed by atoms with Crippen molar-refractivity contribution in [2.75, 3.05) is 0 Å². The van der Waals surface area contributed by atoms with Crippen molar-refractivity contribution in [2.24, 2.45) is 11.7 Å². The Hall–Kier alpha value is -2.12. The van der Waals surface area contributed by atoms with Gasteiger partial charge >= 0.3 is 0 Å². The molecule has 1 unspecified atom stereocenters. The number of nitriles is 1. The van der Waals surface area contributed by atoms with E-state index in [1.54, 1.807) is 12.1 Å². The zero-order chi connectivity index (χ0) is 14.1. The minimum absolute atomic E-state index is 0.0991. The molecular weight excluding hydrogens is 253 g/mol. The second kappa shape index (κ2) is 5.10. The first-order chi connectivity index (χ1) is 9.67. The van der Waals surface area contributed by atoms with Crippen molar-refractivity contribution in [2.45, 2.75) is 25.4 Å². The van der Waals surface area contributed by atoms with Crippen LogP contribution < -0.4 is 5.73 Å². The number of halogens is 1. The van der Waals surface area contributed by atoms with Crippen LogP contribution >= 0.6 is 0 Å². The lowest BCUT2D eigenvalue weighted by atomic mass is 10.1. The van der Waals surface area contributed by atoms with Crippen LogP contribution in [0.25, 0.3) is 0 Å². The zero-order valence-electron chi connectivity index (χ0n) is 11.1. The van der Waals surface area contributed by atoms with E-state index in [4.69, 9.17) is 11.0 Å². The lowest BCUT2D eigenvalue weighted by molar-refractivity contribution is 0.597. The van der Waals surface area contributed by atoms with Gasteiger partial charge in [-0.15, -0.1) is 0 Å². The average Bonchev–Trinajstić information content (AvgIpc) is 3.20. The molecule has 1 aliphatic carbocycles.